The molecule has 1 fully saturated rings. The first kappa shape index (κ1) is 9.52. The minimum absolute atomic E-state index is 0.127. The Hall–Kier alpha value is -0.570. The number of rotatable bonds is 2. The second-order valence-electron chi connectivity index (χ2n) is 3.54. The van der Waals surface area contributed by atoms with Crippen LogP contribution in [0.15, 0.2) is 0 Å². The molecule has 0 aromatic heterocycles. The van der Waals surface area contributed by atoms with Crippen LogP contribution >= 0.6 is 0 Å². The van der Waals surface area contributed by atoms with Gasteiger partial charge in [0.05, 0.1) is 6.04 Å². The quantitative estimate of drug-likeness (QED) is 0.664. The summed E-state index contributed by atoms with van der Waals surface area (Å²) in [5.74, 6) is 0.127. The standard InChI is InChI=1S/C9H18N2O/c1-3-8(10)9(12)11-6-4-5-7(11)2/h7-8H,3-6,10H2,1-2H3/t7?,8-/m0/s1. The molecule has 0 spiro atoms. The number of hydrogen-bond donors (Lipinski definition) is 1. The minimum atomic E-state index is -0.287. The van der Waals surface area contributed by atoms with E-state index in [1.807, 2.05) is 11.8 Å². The molecule has 1 aliphatic heterocycles. The number of nitrogens with two attached hydrogens (primary N) is 1. The van der Waals surface area contributed by atoms with Crippen molar-refractivity contribution in [2.75, 3.05) is 6.54 Å². The van der Waals surface area contributed by atoms with Gasteiger partial charge in [0.1, 0.15) is 0 Å². The molecule has 3 heteroatoms. The predicted octanol–water partition coefficient (Wildman–Crippen LogP) is 0.735. The lowest BCUT2D eigenvalue weighted by atomic mass is 10.2. The first-order valence-electron chi connectivity index (χ1n) is 4.73. The summed E-state index contributed by atoms with van der Waals surface area (Å²) in [5, 5.41) is 0. The molecule has 12 heavy (non-hydrogen) atoms. The van der Waals surface area contributed by atoms with Gasteiger partial charge in [0, 0.05) is 12.6 Å². The van der Waals surface area contributed by atoms with E-state index in [4.69, 9.17) is 5.73 Å². The van der Waals surface area contributed by atoms with E-state index >= 15 is 0 Å². The molecule has 1 aliphatic rings. The fraction of sp³-hybridized carbons (Fsp3) is 0.889. The monoisotopic (exact) mass is 170 g/mol. The Bertz CT molecular complexity index is 170. The maximum Gasteiger partial charge on any atom is 0.239 e. The van der Waals surface area contributed by atoms with Crippen LogP contribution in [0.4, 0.5) is 0 Å². The summed E-state index contributed by atoms with van der Waals surface area (Å²) in [6.45, 7) is 4.93. The highest BCUT2D eigenvalue weighted by Gasteiger charge is 2.27. The first-order chi connectivity index (χ1) is 5.66. The van der Waals surface area contributed by atoms with Crippen LogP contribution in [0.3, 0.4) is 0 Å². The fourth-order valence-electron chi connectivity index (χ4n) is 1.65. The zero-order valence-electron chi connectivity index (χ0n) is 7.92. The Morgan fingerprint density at radius 3 is 2.83 bits per heavy atom. The summed E-state index contributed by atoms with van der Waals surface area (Å²) in [6.07, 6.45) is 2.99. The number of carbonyl (C=O) groups excluding carboxylic acids is 1. The van der Waals surface area contributed by atoms with Gasteiger partial charge in [-0.1, -0.05) is 6.92 Å². The van der Waals surface area contributed by atoms with Crippen molar-refractivity contribution in [1.82, 2.24) is 4.90 Å². The van der Waals surface area contributed by atoms with Crippen LogP contribution in [0.25, 0.3) is 0 Å². The van der Waals surface area contributed by atoms with Gasteiger partial charge in [-0.2, -0.15) is 0 Å². The Kier molecular flexibility index (Phi) is 3.09. The van der Waals surface area contributed by atoms with E-state index < -0.39 is 0 Å². The van der Waals surface area contributed by atoms with Crippen molar-refractivity contribution in [3.63, 3.8) is 0 Å². The molecular formula is C9H18N2O. The highest BCUT2D eigenvalue weighted by Crippen LogP contribution is 2.17. The highest BCUT2D eigenvalue weighted by atomic mass is 16.2. The van der Waals surface area contributed by atoms with Gasteiger partial charge in [-0.05, 0) is 26.2 Å². The van der Waals surface area contributed by atoms with E-state index in [0.717, 1.165) is 25.8 Å². The largest absolute Gasteiger partial charge is 0.339 e. The van der Waals surface area contributed by atoms with Gasteiger partial charge in [-0.25, -0.2) is 0 Å². The Labute approximate surface area is 73.9 Å². The average molecular weight is 170 g/mol. The van der Waals surface area contributed by atoms with Crippen molar-refractivity contribution in [3.8, 4) is 0 Å². The van der Waals surface area contributed by atoms with Crippen LogP contribution in [-0.4, -0.2) is 29.4 Å². The van der Waals surface area contributed by atoms with Gasteiger partial charge < -0.3 is 10.6 Å². The lowest BCUT2D eigenvalue weighted by molar-refractivity contribution is -0.133. The third-order valence-corrected chi connectivity index (χ3v) is 2.59. The zero-order chi connectivity index (χ0) is 9.14. The van der Waals surface area contributed by atoms with Crippen molar-refractivity contribution >= 4 is 5.91 Å². The molecule has 70 valence electrons. The second kappa shape index (κ2) is 3.90. The van der Waals surface area contributed by atoms with Crippen LogP contribution in [0.1, 0.15) is 33.1 Å². The third-order valence-electron chi connectivity index (χ3n) is 2.59. The third kappa shape index (κ3) is 1.78. The first-order valence-corrected chi connectivity index (χ1v) is 4.73. The van der Waals surface area contributed by atoms with Gasteiger partial charge in [0.25, 0.3) is 0 Å². The Morgan fingerprint density at radius 1 is 1.75 bits per heavy atom. The molecule has 0 saturated carbocycles. The minimum Gasteiger partial charge on any atom is -0.339 e. The van der Waals surface area contributed by atoms with Crippen molar-refractivity contribution < 1.29 is 4.79 Å². The molecule has 1 heterocycles. The van der Waals surface area contributed by atoms with E-state index in [1.54, 1.807) is 0 Å². The SMILES string of the molecule is CC[C@H](N)C(=O)N1CCCC1C. The predicted molar refractivity (Wildman–Crippen MR) is 48.7 cm³/mol. The highest BCUT2D eigenvalue weighted by molar-refractivity contribution is 5.82. The van der Waals surface area contributed by atoms with Crippen LogP contribution in [-0.2, 0) is 4.79 Å². The topological polar surface area (TPSA) is 46.3 Å². The molecule has 1 unspecified atom stereocenters. The van der Waals surface area contributed by atoms with Crippen LogP contribution in [0.5, 0.6) is 0 Å². The lowest BCUT2D eigenvalue weighted by Crippen LogP contribution is -2.44. The number of likely N-dealkylation sites (tertiary alicyclic amines) is 1. The van der Waals surface area contributed by atoms with E-state index in [-0.39, 0.29) is 11.9 Å². The van der Waals surface area contributed by atoms with Crippen molar-refractivity contribution in [2.24, 2.45) is 5.73 Å². The van der Waals surface area contributed by atoms with Crippen LogP contribution in [0, 0.1) is 0 Å². The second-order valence-corrected chi connectivity index (χ2v) is 3.54. The maximum atomic E-state index is 11.6. The van der Waals surface area contributed by atoms with E-state index in [2.05, 4.69) is 6.92 Å². The molecule has 0 aromatic carbocycles. The number of amides is 1. The molecule has 1 amide bonds. The van der Waals surface area contributed by atoms with Crippen LogP contribution in [0.2, 0.25) is 0 Å². The molecule has 0 aliphatic carbocycles. The van der Waals surface area contributed by atoms with Crippen molar-refractivity contribution in [2.45, 2.75) is 45.2 Å². The summed E-state index contributed by atoms with van der Waals surface area (Å²) in [4.78, 5) is 13.5. The molecule has 1 rings (SSSR count). The van der Waals surface area contributed by atoms with E-state index in [0.29, 0.717) is 6.04 Å². The maximum absolute atomic E-state index is 11.6. The molecule has 2 N–H and O–H groups in total. The number of carbonyl (C=O) groups is 1. The fourth-order valence-corrected chi connectivity index (χ4v) is 1.65. The molecule has 0 radical (unpaired) electrons. The normalized spacial score (nSPS) is 25.9. The van der Waals surface area contributed by atoms with E-state index in [1.165, 1.54) is 0 Å². The number of nitrogens with zero attached hydrogens (tertiary/aromatic N) is 1. The van der Waals surface area contributed by atoms with Gasteiger partial charge in [0.15, 0.2) is 0 Å². The molecule has 0 bridgehead atoms. The molecule has 0 aromatic rings. The molecule has 2 atom stereocenters. The molecule has 1 saturated heterocycles. The molecular weight excluding hydrogens is 152 g/mol. The summed E-state index contributed by atoms with van der Waals surface area (Å²) in [5.41, 5.74) is 5.67. The summed E-state index contributed by atoms with van der Waals surface area (Å²) < 4.78 is 0. The summed E-state index contributed by atoms with van der Waals surface area (Å²) >= 11 is 0. The van der Waals surface area contributed by atoms with E-state index in [9.17, 15) is 4.79 Å². The summed E-state index contributed by atoms with van der Waals surface area (Å²) in [7, 11) is 0. The van der Waals surface area contributed by atoms with Gasteiger partial charge in [-0.15, -0.1) is 0 Å². The Balaban J connectivity index is 2.51. The van der Waals surface area contributed by atoms with Crippen molar-refractivity contribution in [3.05, 3.63) is 0 Å². The zero-order valence-corrected chi connectivity index (χ0v) is 7.92. The van der Waals surface area contributed by atoms with Gasteiger partial charge in [-0.3, -0.25) is 4.79 Å². The van der Waals surface area contributed by atoms with Gasteiger partial charge >= 0.3 is 0 Å². The van der Waals surface area contributed by atoms with Crippen LogP contribution < -0.4 is 5.73 Å². The average Bonchev–Trinajstić information content (AvgIpc) is 2.48. The Morgan fingerprint density at radius 2 is 2.42 bits per heavy atom. The molecule has 3 nitrogen and oxygen atoms in total. The smallest absolute Gasteiger partial charge is 0.239 e. The summed E-state index contributed by atoms with van der Waals surface area (Å²) in [6, 6.07) is 0.112. The van der Waals surface area contributed by atoms with Gasteiger partial charge in [0.2, 0.25) is 5.91 Å². The van der Waals surface area contributed by atoms with Crippen molar-refractivity contribution in [1.29, 1.82) is 0 Å². The lowest BCUT2D eigenvalue weighted by Gasteiger charge is -2.24. The number of hydrogen-bond acceptors (Lipinski definition) is 2.